The number of rotatable bonds is 4. The van der Waals surface area contributed by atoms with Gasteiger partial charge in [0, 0.05) is 6.54 Å². The zero-order chi connectivity index (χ0) is 12.3. The van der Waals surface area contributed by atoms with Crippen LogP contribution in [0.1, 0.15) is 22.8 Å². The molecule has 0 saturated carbocycles. The number of nitrogens with zero attached hydrogens (tertiary/aromatic N) is 1. The minimum Gasteiger partial charge on any atom is -0.445 e. The van der Waals surface area contributed by atoms with Gasteiger partial charge in [-0.15, -0.1) is 0 Å². The second kappa shape index (κ2) is 5.10. The summed E-state index contributed by atoms with van der Waals surface area (Å²) in [5, 5.41) is 3.21. The molecule has 0 fully saturated rings. The number of nitrogens with one attached hydrogen (secondary N) is 1. The Morgan fingerprint density at radius 1 is 1.29 bits per heavy atom. The Bertz CT molecular complexity index is 508. The van der Waals surface area contributed by atoms with Crippen molar-refractivity contribution in [3.63, 3.8) is 0 Å². The van der Waals surface area contributed by atoms with E-state index in [1.165, 1.54) is 12.1 Å². The maximum absolute atomic E-state index is 12.9. The van der Waals surface area contributed by atoms with E-state index in [0.29, 0.717) is 19.0 Å². The summed E-state index contributed by atoms with van der Waals surface area (Å²) in [6.45, 7) is 5.01. The predicted octanol–water partition coefficient (Wildman–Crippen LogP) is 2.72. The Balaban J connectivity index is 1.90. The van der Waals surface area contributed by atoms with Gasteiger partial charge in [0.05, 0.1) is 12.7 Å². The average Bonchev–Trinajstić information content (AvgIpc) is 2.68. The maximum Gasteiger partial charge on any atom is 0.208 e. The average molecular weight is 234 g/mol. The van der Waals surface area contributed by atoms with Crippen LogP contribution in [-0.4, -0.2) is 4.98 Å². The molecule has 0 unspecified atom stereocenters. The number of benzene rings is 1. The summed E-state index contributed by atoms with van der Waals surface area (Å²) >= 11 is 0. The van der Waals surface area contributed by atoms with Gasteiger partial charge in [0.25, 0.3) is 0 Å². The van der Waals surface area contributed by atoms with E-state index in [-0.39, 0.29) is 5.82 Å². The van der Waals surface area contributed by atoms with E-state index < -0.39 is 0 Å². The Labute approximate surface area is 99.7 Å². The molecule has 2 rings (SSSR count). The standard InChI is InChI=1S/C13H15FN2O/c1-9-5-12(14)4-3-11(9)7-15-8-13-16-6-10(2)17-13/h3-6,15H,7-8H2,1-2H3. The third-order valence-corrected chi connectivity index (χ3v) is 2.57. The van der Waals surface area contributed by atoms with Gasteiger partial charge in [-0.3, -0.25) is 0 Å². The van der Waals surface area contributed by atoms with Crippen LogP contribution in [0.5, 0.6) is 0 Å². The molecule has 3 nitrogen and oxygen atoms in total. The minimum absolute atomic E-state index is 0.199. The van der Waals surface area contributed by atoms with Crippen LogP contribution < -0.4 is 5.32 Å². The largest absolute Gasteiger partial charge is 0.445 e. The molecule has 1 aromatic carbocycles. The molecule has 90 valence electrons. The highest BCUT2D eigenvalue weighted by Gasteiger charge is 2.02. The van der Waals surface area contributed by atoms with E-state index in [1.807, 2.05) is 13.8 Å². The fourth-order valence-electron chi connectivity index (χ4n) is 1.64. The number of aryl methyl sites for hydroxylation is 2. The Kier molecular flexibility index (Phi) is 3.54. The van der Waals surface area contributed by atoms with Gasteiger partial charge >= 0.3 is 0 Å². The van der Waals surface area contributed by atoms with Crippen molar-refractivity contribution in [2.24, 2.45) is 0 Å². The van der Waals surface area contributed by atoms with Crippen molar-refractivity contribution in [2.45, 2.75) is 26.9 Å². The molecule has 0 amide bonds. The van der Waals surface area contributed by atoms with Crippen LogP contribution in [0.15, 0.2) is 28.8 Å². The number of oxazole rings is 1. The summed E-state index contributed by atoms with van der Waals surface area (Å²) in [4.78, 5) is 4.09. The Morgan fingerprint density at radius 2 is 2.12 bits per heavy atom. The maximum atomic E-state index is 12.9. The molecule has 0 aliphatic rings. The van der Waals surface area contributed by atoms with Gasteiger partial charge in [0.15, 0.2) is 0 Å². The van der Waals surface area contributed by atoms with Crippen LogP contribution in [0.4, 0.5) is 4.39 Å². The van der Waals surface area contributed by atoms with Gasteiger partial charge in [-0.2, -0.15) is 0 Å². The SMILES string of the molecule is Cc1cnc(CNCc2ccc(F)cc2C)o1. The van der Waals surface area contributed by atoms with E-state index in [2.05, 4.69) is 10.3 Å². The molecule has 0 aliphatic carbocycles. The summed E-state index contributed by atoms with van der Waals surface area (Å²) in [7, 11) is 0. The fourth-order valence-corrected chi connectivity index (χ4v) is 1.64. The van der Waals surface area contributed by atoms with Crippen molar-refractivity contribution < 1.29 is 8.81 Å². The van der Waals surface area contributed by atoms with Crippen molar-refractivity contribution in [1.82, 2.24) is 10.3 Å². The first-order valence-corrected chi connectivity index (χ1v) is 5.52. The van der Waals surface area contributed by atoms with Crippen molar-refractivity contribution in [1.29, 1.82) is 0 Å². The normalized spacial score (nSPS) is 10.8. The highest BCUT2D eigenvalue weighted by atomic mass is 19.1. The first kappa shape index (κ1) is 11.8. The molecule has 0 bridgehead atoms. The summed E-state index contributed by atoms with van der Waals surface area (Å²) in [6.07, 6.45) is 1.69. The molecular weight excluding hydrogens is 219 g/mol. The van der Waals surface area contributed by atoms with Crippen molar-refractivity contribution >= 4 is 0 Å². The minimum atomic E-state index is -0.199. The van der Waals surface area contributed by atoms with Crippen LogP contribution in [-0.2, 0) is 13.1 Å². The molecule has 0 aliphatic heterocycles. The number of hydrogen-bond acceptors (Lipinski definition) is 3. The van der Waals surface area contributed by atoms with Crippen molar-refractivity contribution in [3.05, 3.63) is 53.0 Å². The van der Waals surface area contributed by atoms with Crippen molar-refractivity contribution in [3.8, 4) is 0 Å². The van der Waals surface area contributed by atoms with Crippen LogP contribution in [0, 0.1) is 19.7 Å². The molecule has 0 spiro atoms. The zero-order valence-corrected chi connectivity index (χ0v) is 9.96. The molecule has 1 heterocycles. The zero-order valence-electron chi connectivity index (χ0n) is 9.96. The highest BCUT2D eigenvalue weighted by Crippen LogP contribution is 2.10. The molecule has 0 radical (unpaired) electrons. The molecule has 0 atom stereocenters. The predicted molar refractivity (Wildman–Crippen MR) is 62.9 cm³/mol. The number of halogens is 1. The molecule has 1 N–H and O–H groups in total. The molecule has 0 saturated heterocycles. The first-order valence-electron chi connectivity index (χ1n) is 5.52. The van der Waals surface area contributed by atoms with E-state index in [1.54, 1.807) is 12.3 Å². The summed E-state index contributed by atoms with van der Waals surface area (Å²) in [5.74, 6) is 1.27. The third-order valence-electron chi connectivity index (χ3n) is 2.57. The molecule has 4 heteroatoms. The third kappa shape index (κ3) is 3.14. The van der Waals surface area contributed by atoms with Crippen LogP contribution >= 0.6 is 0 Å². The highest BCUT2D eigenvalue weighted by molar-refractivity contribution is 5.26. The lowest BCUT2D eigenvalue weighted by Crippen LogP contribution is -2.13. The van der Waals surface area contributed by atoms with Gasteiger partial charge in [-0.25, -0.2) is 9.37 Å². The van der Waals surface area contributed by atoms with Crippen LogP contribution in [0.3, 0.4) is 0 Å². The Morgan fingerprint density at radius 3 is 2.76 bits per heavy atom. The molecular formula is C13H15FN2O. The van der Waals surface area contributed by atoms with E-state index in [4.69, 9.17) is 4.42 Å². The fraction of sp³-hybridized carbons (Fsp3) is 0.308. The number of hydrogen-bond donors (Lipinski definition) is 1. The lowest BCUT2D eigenvalue weighted by atomic mass is 10.1. The van der Waals surface area contributed by atoms with E-state index in [9.17, 15) is 4.39 Å². The van der Waals surface area contributed by atoms with Crippen molar-refractivity contribution in [2.75, 3.05) is 0 Å². The van der Waals surface area contributed by atoms with Crippen LogP contribution in [0.2, 0.25) is 0 Å². The van der Waals surface area contributed by atoms with E-state index in [0.717, 1.165) is 16.9 Å². The summed E-state index contributed by atoms with van der Waals surface area (Å²) in [5.41, 5.74) is 2.02. The van der Waals surface area contributed by atoms with Gasteiger partial charge < -0.3 is 9.73 Å². The number of aromatic nitrogens is 1. The smallest absolute Gasteiger partial charge is 0.208 e. The van der Waals surface area contributed by atoms with Gasteiger partial charge in [0.2, 0.25) is 5.89 Å². The second-order valence-corrected chi connectivity index (χ2v) is 4.04. The Hall–Kier alpha value is -1.68. The second-order valence-electron chi connectivity index (χ2n) is 4.04. The first-order chi connectivity index (χ1) is 8.15. The van der Waals surface area contributed by atoms with Gasteiger partial charge in [-0.1, -0.05) is 6.07 Å². The quantitative estimate of drug-likeness (QED) is 0.883. The summed E-state index contributed by atoms with van der Waals surface area (Å²) < 4.78 is 18.2. The van der Waals surface area contributed by atoms with Crippen LogP contribution in [0.25, 0.3) is 0 Å². The van der Waals surface area contributed by atoms with E-state index >= 15 is 0 Å². The van der Waals surface area contributed by atoms with Gasteiger partial charge in [-0.05, 0) is 37.1 Å². The summed E-state index contributed by atoms with van der Waals surface area (Å²) in [6, 6.07) is 4.80. The molecule has 17 heavy (non-hydrogen) atoms. The lowest BCUT2D eigenvalue weighted by molar-refractivity contribution is 0.449. The molecule has 1 aromatic heterocycles. The lowest BCUT2D eigenvalue weighted by Gasteiger charge is -2.06. The monoisotopic (exact) mass is 234 g/mol. The topological polar surface area (TPSA) is 38.1 Å². The van der Waals surface area contributed by atoms with Gasteiger partial charge in [0.1, 0.15) is 11.6 Å². The molecule has 2 aromatic rings.